The number of nitrogens with zero attached hydrogens (tertiary/aromatic N) is 1. The van der Waals surface area contributed by atoms with E-state index in [1.54, 1.807) is 0 Å². The number of anilines is 1. The maximum absolute atomic E-state index is 11.7. The van der Waals surface area contributed by atoms with Crippen molar-refractivity contribution in [2.45, 2.75) is 12.8 Å². The number of carboxylic acid groups (broad SMARTS) is 1. The minimum absolute atomic E-state index is 0.0482. The van der Waals surface area contributed by atoms with Gasteiger partial charge in [-0.2, -0.15) is 11.8 Å². The number of rotatable bonds is 4. The normalized spacial score (nSPS) is 15.6. The molecule has 3 N–H and O–H groups in total. The van der Waals surface area contributed by atoms with Gasteiger partial charge in [-0.1, -0.05) is 0 Å². The second kappa shape index (κ2) is 7.14. The lowest BCUT2D eigenvalue weighted by atomic mass is 10.0. The van der Waals surface area contributed by atoms with E-state index >= 15 is 0 Å². The zero-order chi connectivity index (χ0) is 14.4. The molecule has 1 aromatic rings. The van der Waals surface area contributed by atoms with Crippen molar-refractivity contribution in [3.05, 3.63) is 24.0 Å². The Hall–Kier alpha value is -1.76. The number of aromatic nitrogens is 1. The summed E-state index contributed by atoms with van der Waals surface area (Å²) in [6, 6.07) is 1.05. The van der Waals surface area contributed by atoms with E-state index in [0.717, 1.165) is 24.3 Å². The third-order valence-electron chi connectivity index (χ3n) is 3.14. The zero-order valence-electron chi connectivity index (χ0n) is 11.0. The molecular formula is C13H17N3O3S. The van der Waals surface area contributed by atoms with Gasteiger partial charge in [0.2, 0.25) is 0 Å². The van der Waals surface area contributed by atoms with Crippen LogP contribution in [0.5, 0.6) is 0 Å². The molecule has 0 bridgehead atoms. The van der Waals surface area contributed by atoms with Crippen LogP contribution < -0.4 is 10.6 Å². The molecule has 1 saturated heterocycles. The molecule has 2 rings (SSSR count). The fraction of sp³-hybridized carbons (Fsp3) is 0.462. The second-order valence-corrected chi connectivity index (χ2v) is 5.88. The first-order valence-electron chi connectivity index (χ1n) is 6.46. The molecule has 0 saturated carbocycles. The number of nitrogens with one attached hydrogen (secondary N) is 2. The van der Waals surface area contributed by atoms with Crippen LogP contribution in [0, 0.1) is 5.92 Å². The fourth-order valence-corrected chi connectivity index (χ4v) is 3.19. The molecule has 1 aliphatic rings. The van der Waals surface area contributed by atoms with Crippen LogP contribution in [0.25, 0.3) is 0 Å². The molecule has 0 spiro atoms. The highest BCUT2D eigenvalue weighted by Crippen LogP contribution is 2.21. The first kappa shape index (κ1) is 14.6. The molecule has 1 aromatic heterocycles. The van der Waals surface area contributed by atoms with Gasteiger partial charge in [-0.3, -0.25) is 4.98 Å². The Kier molecular flexibility index (Phi) is 5.23. The van der Waals surface area contributed by atoms with Gasteiger partial charge in [-0.15, -0.1) is 0 Å². The average molecular weight is 295 g/mol. The summed E-state index contributed by atoms with van der Waals surface area (Å²) in [6.45, 7) is 0.651. The Bertz CT molecular complexity index is 490. The molecule has 20 heavy (non-hydrogen) atoms. The summed E-state index contributed by atoms with van der Waals surface area (Å²) in [5.74, 6) is 1.77. The number of amides is 2. The molecule has 1 aliphatic heterocycles. The zero-order valence-corrected chi connectivity index (χ0v) is 11.8. The van der Waals surface area contributed by atoms with E-state index in [0.29, 0.717) is 18.2 Å². The van der Waals surface area contributed by atoms with Gasteiger partial charge in [-0.25, -0.2) is 9.59 Å². The van der Waals surface area contributed by atoms with Gasteiger partial charge in [0.1, 0.15) is 0 Å². The number of hydrogen-bond acceptors (Lipinski definition) is 4. The maximum Gasteiger partial charge on any atom is 0.337 e. The summed E-state index contributed by atoms with van der Waals surface area (Å²) >= 11 is 1.95. The van der Waals surface area contributed by atoms with E-state index in [4.69, 9.17) is 5.11 Å². The lowest BCUT2D eigenvalue weighted by Crippen LogP contribution is -2.34. The number of carbonyl (C=O) groups excluding carboxylic acids is 1. The number of thioether (sulfide) groups is 1. The van der Waals surface area contributed by atoms with Crippen LogP contribution >= 0.6 is 11.8 Å². The summed E-state index contributed by atoms with van der Waals surface area (Å²) in [6.07, 6.45) is 4.91. The van der Waals surface area contributed by atoms with Gasteiger partial charge in [-0.05, 0) is 36.3 Å². The van der Waals surface area contributed by atoms with E-state index in [1.165, 1.54) is 18.5 Å². The molecular weight excluding hydrogens is 278 g/mol. The number of carboxylic acids is 1. The average Bonchev–Trinajstić information content (AvgIpc) is 2.46. The summed E-state index contributed by atoms with van der Waals surface area (Å²) in [4.78, 5) is 26.3. The fourth-order valence-electron chi connectivity index (χ4n) is 1.99. The van der Waals surface area contributed by atoms with Gasteiger partial charge in [0.05, 0.1) is 17.4 Å². The molecule has 0 aromatic carbocycles. The molecule has 0 aliphatic carbocycles. The monoisotopic (exact) mass is 295 g/mol. The van der Waals surface area contributed by atoms with E-state index in [2.05, 4.69) is 15.6 Å². The Morgan fingerprint density at radius 2 is 2.10 bits per heavy atom. The molecule has 0 radical (unpaired) electrons. The van der Waals surface area contributed by atoms with Crippen molar-refractivity contribution < 1.29 is 14.7 Å². The molecule has 0 atom stereocenters. The number of carbonyl (C=O) groups is 2. The van der Waals surface area contributed by atoms with Crippen LogP contribution in [0.1, 0.15) is 23.2 Å². The molecule has 0 unspecified atom stereocenters. The third kappa shape index (κ3) is 4.41. The Balaban J connectivity index is 1.81. The predicted molar refractivity (Wildman–Crippen MR) is 78.3 cm³/mol. The van der Waals surface area contributed by atoms with Crippen molar-refractivity contribution in [1.29, 1.82) is 0 Å². The van der Waals surface area contributed by atoms with Gasteiger partial charge in [0.25, 0.3) is 0 Å². The summed E-state index contributed by atoms with van der Waals surface area (Å²) in [5.41, 5.74) is 0.425. The summed E-state index contributed by atoms with van der Waals surface area (Å²) < 4.78 is 0. The lowest BCUT2D eigenvalue weighted by Gasteiger charge is -2.21. The molecule has 2 heterocycles. The second-order valence-electron chi connectivity index (χ2n) is 4.66. The minimum Gasteiger partial charge on any atom is -0.478 e. The van der Waals surface area contributed by atoms with Crippen LogP contribution in [0.2, 0.25) is 0 Å². The molecule has 2 amide bonds. The van der Waals surface area contributed by atoms with Gasteiger partial charge in [0, 0.05) is 12.7 Å². The van der Waals surface area contributed by atoms with Gasteiger partial charge >= 0.3 is 12.0 Å². The van der Waals surface area contributed by atoms with E-state index in [1.807, 2.05) is 11.8 Å². The smallest absolute Gasteiger partial charge is 0.337 e. The van der Waals surface area contributed by atoms with Gasteiger partial charge in [0.15, 0.2) is 0 Å². The first-order chi connectivity index (χ1) is 9.65. The molecule has 1 fully saturated rings. The van der Waals surface area contributed by atoms with Crippen molar-refractivity contribution in [3.8, 4) is 0 Å². The number of urea groups is 1. The predicted octanol–water partition coefficient (Wildman–Crippen LogP) is 2.04. The largest absolute Gasteiger partial charge is 0.478 e. The highest BCUT2D eigenvalue weighted by molar-refractivity contribution is 7.99. The maximum atomic E-state index is 11.7. The Morgan fingerprint density at radius 3 is 2.80 bits per heavy atom. The van der Waals surface area contributed by atoms with E-state index < -0.39 is 5.97 Å². The third-order valence-corrected chi connectivity index (χ3v) is 4.18. The van der Waals surface area contributed by atoms with Crippen LogP contribution in [-0.2, 0) is 0 Å². The van der Waals surface area contributed by atoms with Crippen molar-refractivity contribution in [2.75, 3.05) is 23.4 Å². The van der Waals surface area contributed by atoms with Crippen LogP contribution in [0.15, 0.2) is 18.5 Å². The molecule has 6 nitrogen and oxygen atoms in total. The molecule has 108 valence electrons. The highest BCUT2D eigenvalue weighted by Gasteiger charge is 2.14. The van der Waals surface area contributed by atoms with E-state index in [-0.39, 0.29) is 11.6 Å². The summed E-state index contributed by atoms with van der Waals surface area (Å²) in [7, 11) is 0. The van der Waals surface area contributed by atoms with Crippen LogP contribution in [0.4, 0.5) is 10.5 Å². The number of aromatic carboxylic acids is 1. The standard InChI is InChI=1S/C13H17N3O3S/c17-12(18)10-5-11(8-14-7-10)16-13(19)15-6-9-1-3-20-4-2-9/h5,7-9H,1-4,6H2,(H,17,18)(H2,15,16,19). The Morgan fingerprint density at radius 1 is 1.35 bits per heavy atom. The van der Waals surface area contributed by atoms with Crippen molar-refractivity contribution in [2.24, 2.45) is 5.92 Å². The van der Waals surface area contributed by atoms with Crippen LogP contribution in [-0.4, -0.2) is 40.1 Å². The number of hydrogen-bond donors (Lipinski definition) is 3. The van der Waals surface area contributed by atoms with Crippen LogP contribution in [0.3, 0.4) is 0 Å². The highest BCUT2D eigenvalue weighted by atomic mass is 32.2. The SMILES string of the molecule is O=C(NCC1CCSCC1)Nc1cncc(C(=O)O)c1. The lowest BCUT2D eigenvalue weighted by molar-refractivity contribution is 0.0696. The van der Waals surface area contributed by atoms with Crippen molar-refractivity contribution in [1.82, 2.24) is 10.3 Å². The number of pyridine rings is 1. The topological polar surface area (TPSA) is 91.3 Å². The summed E-state index contributed by atoms with van der Waals surface area (Å²) in [5, 5.41) is 14.3. The van der Waals surface area contributed by atoms with Crippen molar-refractivity contribution >= 4 is 29.4 Å². The molecule has 7 heteroatoms. The first-order valence-corrected chi connectivity index (χ1v) is 7.61. The minimum atomic E-state index is -1.07. The Labute approximate surface area is 121 Å². The van der Waals surface area contributed by atoms with Gasteiger partial charge < -0.3 is 15.7 Å². The quantitative estimate of drug-likeness (QED) is 0.790. The van der Waals surface area contributed by atoms with Crippen molar-refractivity contribution in [3.63, 3.8) is 0 Å². The van der Waals surface area contributed by atoms with E-state index in [9.17, 15) is 9.59 Å².